The van der Waals surface area contributed by atoms with Crippen LogP contribution in [0.15, 0.2) is 34.4 Å². The second-order valence-electron chi connectivity index (χ2n) is 7.43. The third-order valence-corrected chi connectivity index (χ3v) is 6.82. The molecule has 2 aromatic heterocycles. The van der Waals surface area contributed by atoms with Crippen LogP contribution in [0.25, 0.3) is 10.9 Å². The summed E-state index contributed by atoms with van der Waals surface area (Å²) in [6, 6.07) is 7.28. The zero-order chi connectivity index (χ0) is 21.1. The average molecular weight is 444 g/mol. The fourth-order valence-corrected chi connectivity index (χ4v) is 4.76. The lowest BCUT2D eigenvalue weighted by molar-refractivity contribution is -0.133. The van der Waals surface area contributed by atoms with Gasteiger partial charge in [-0.25, -0.2) is 4.98 Å². The van der Waals surface area contributed by atoms with Crippen molar-refractivity contribution < 1.29 is 4.79 Å². The van der Waals surface area contributed by atoms with Crippen LogP contribution in [-0.2, 0) is 24.3 Å². The number of aromatic amines is 1. The highest BCUT2D eigenvalue weighted by Gasteiger charge is 2.21. The number of aryl methyl sites for hydroxylation is 1. The van der Waals surface area contributed by atoms with Crippen molar-refractivity contribution in [3.8, 4) is 0 Å². The Kier molecular flexibility index (Phi) is 6.40. The van der Waals surface area contributed by atoms with E-state index in [0.29, 0.717) is 23.2 Å². The van der Waals surface area contributed by atoms with E-state index in [4.69, 9.17) is 12.2 Å². The fraction of sp³-hybridized carbons (Fsp3) is 0.429. The molecule has 9 heteroatoms. The number of amides is 1. The molecule has 1 saturated heterocycles. The van der Waals surface area contributed by atoms with Gasteiger partial charge in [-0.05, 0) is 30.8 Å². The molecular weight excluding hydrogens is 418 g/mol. The minimum atomic E-state index is -0.151. The number of hydrogen-bond donors (Lipinski definition) is 1. The molecule has 0 atom stereocenters. The highest BCUT2D eigenvalue weighted by atomic mass is 32.1. The minimum Gasteiger partial charge on any atom is -0.340 e. The van der Waals surface area contributed by atoms with Crippen molar-refractivity contribution >= 4 is 40.4 Å². The largest absolute Gasteiger partial charge is 0.340 e. The van der Waals surface area contributed by atoms with Crippen LogP contribution in [0.5, 0.6) is 0 Å². The maximum atomic E-state index is 12.7. The van der Waals surface area contributed by atoms with E-state index in [1.807, 2.05) is 23.1 Å². The molecular formula is C21H25N5O2S2. The van der Waals surface area contributed by atoms with Gasteiger partial charge in [0.15, 0.2) is 4.77 Å². The quantitative estimate of drug-likeness (QED) is 0.593. The van der Waals surface area contributed by atoms with E-state index in [-0.39, 0.29) is 24.4 Å². The number of rotatable bonds is 6. The van der Waals surface area contributed by atoms with Crippen molar-refractivity contribution in [1.29, 1.82) is 0 Å². The summed E-state index contributed by atoms with van der Waals surface area (Å²) in [5.41, 5.74) is 1.68. The first-order valence-electron chi connectivity index (χ1n) is 10.2. The Hall–Kier alpha value is -2.36. The first-order valence-corrected chi connectivity index (χ1v) is 11.5. The van der Waals surface area contributed by atoms with Crippen LogP contribution in [0.1, 0.15) is 24.0 Å². The zero-order valence-electron chi connectivity index (χ0n) is 17.0. The van der Waals surface area contributed by atoms with Gasteiger partial charge in [-0.3, -0.25) is 19.1 Å². The van der Waals surface area contributed by atoms with Crippen molar-refractivity contribution in [2.75, 3.05) is 26.2 Å². The Bertz CT molecular complexity index is 1160. The second-order valence-corrected chi connectivity index (χ2v) is 8.75. The molecule has 1 aliphatic heterocycles. The van der Waals surface area contributed by atoms with Gasteiger partial charge in [0.05, 0.1) is 21.6 Å². The summed E-state index contributed by atoms with van der Waals surface area (Å²) >= 11 is 7.04. The molecule has 0 saturated carbocycles. The van der Waals surface area contributed by atoms with Crippen molar-refractivity contribution in [1.82, 2.24) is 24.3 Å². The topological polar surface area (TPSA) is 74.2 Å². The number of nitrogens with one attached hydrogen (secondary N) is 1. The molecule has 0 aliphatic carbocycles. The predicted octanol–water partition coefficient (Wildman–Crippen LogP) is 2.81. The molecule has 158 valence electrons. The monoisotopic (exact) mass is 443 g/mol. The summed E-state index contributed by atoms with van der Waals surface area (Å²) in [5, 5.41) is 3.88. The van der Waals surface area contributed by atoms with Gasteiger partial charge in [0, 0.05) is 51.1 Å². The van der Waals surface area contributed by atoms with E-state index in [2.05, 4.69) is 27.2 Å². The average Bonchev–Trinajstić information content (AvgIpc) is 3.21. The van der Waals surface area contributed by atoms with Crippen molar-refractivity contribution in [2.45, 2.75) is 32.9 Å². The number of para-hydroxylation sites is 1. The Balaban J connectivity index is 1.33. The third-order valence-electron chi connectivity index (χ3n) is 5.45. The first-order chi connectivity index (χ1) is 14.5. The van der Waals surface area contributed by atoms with Gasteiger partial charge in [0.2, 0.25) is 5.91 Å². The molecule has 1 aromatic carbocycles. The first kappa shape index (κ1) is 20.9. The van der Waals surface area contributed by atoms with Gasteiger partial charge >= 0.3 is 0 Å². The summed E-state index contributed by atoms with van der Waals surface area (Å²) in [6.45, 7) is 6.30. The summed E-state index contributed by atoms with van der Waals surface area (Å²) in [5.74, 6) is 0.0611. The van der Waals surface area contributed by atoms with Crippen LogP contribution in [0.4, 0.5) is 0 Å². The van der Waals surface area contributed by atoms with E-state index in [9.17, 15) is 9.59 Å². The maximum Gasteiger partial charge on any atom is 0.262 e. The molecule has 4 rings (SSSR count). The number of thiazole rings is 1. The van der Waals surface area contributed by atoms with Crippen LogP contribution < -0.4 is 5.56 Å². The molecule has 0 unspecified atom stereocenters. The van der Waals surface area contributed by atoms with Crippen molar-refractivity contribution in [3.05, 3.63) is 55.5 Å². The van der Waals surface area contributed by atoms with E-state index >= 15 is 0 Å². The number of piperazine rings is 1. The minimum absolute atomic E-state index is 0.0611. The highest BCUT2D eigenvalue weighted by Crippen LogP contribution is 2.14. The number of H-pyrrole nitrogens is 1. The molecule has 1 amide bonds. The number of benzene rings is 1. The standard InChI is InChI=1S/C21H25N5O2S2/c1-2-18-22-15(14-30-18)13-24-9-11-25(12-10-24)19(27)7-8-26-20(28)16-5-3-4-6-17(16)23-21(26)29/h3-6,14H,2,7-13H2,1H3,(H,23,29). The molecule has 1 aliphatic rings. The number of aromatic nitrogens is 3. The zero-order valence-corrected chi connectivity index (χ0v) is 18.6. The van der Waals surface area contributed by atoms with Gasteiger partial charge < -0.3 is 9.88 Å². The highest BCUT2D eigenvalue weighted by molar-refractivity contribution is 7.71. The van der Waals surface area contributed by atoms with Crippen molar-refractivity contribution in [2.24, 2.45) is 0 Å². The Morgan fingerprint density at radius 1 is 1.23 bits per heavy atom. The number of carbonyl (C=O) groups is 1. The van der Waals surface area contributed by atoms with Crippen LogP contribution in [0, 0.1) is 4.77 Å². The lowest BCUT2D eigenvalue weighted by Crippen LogP contribution is -2.48. The summed E-state index contributed by atoms with van der Waals surface area (Å²) in [6.07, 6.45) is 1.23. The Morgan fingerprint density at radius 3 is 2.73 bits per heavy atom. The van der Waals surface area contributed by atoms with Gasteiger partial charge in [-0.2, -0.15) is 0 Å². The lowest BCUT2D eigenvalue weighted by Gasteiger charge is -2.34. The fourth-order valence-electron chi connectivity index (χ4n) is 3.74. The molecule has 1 N–H and O–H groups in total. The molecule has 3 aromatic rings. The van der Waals surface area contributed by atoms with E-state index in [0.717, 1.165) is 37.3 Å². The Morgan fingerprint density at radius 2 is 2.00 bits per heavy atom. The van der Waals surface area contributed by atoms with Gasteiger partial charge in [-0.15, -0.1) is 11.3 Å². The number of carbonyl (C=O) groups excluding carboxylic acids is 1. The normalized spacial score (nSPS) is 15.0. The molecule has 30 heavy (non-hydrogen) atoms. The smallest absolute Gasteiger partial charge is 0.262 e. The van der Waals surface area contributed by atoms with E-state index in [1.165, 1.54) is 9.57 Å². The van der Waals surface area contributed by atoms with E-state index in [1.54, 1.807) is 17.4 Å². The van der Waals surface area contributed by atoms with Gasteiger partial charge in [-0.1, -0.05) is 19.1 Å². The van der Waals surface area contributed by atoms with Crippen molar-refractivity contribution in [3.63, 3.8) is 0 Å². The predicted molar refractivity (Wildman–Crippen MR) is 121 cm³/mol. The van der Waals surface area contributed by atoms with Gasteiger partial charge in [0.25, 0.3) is 5.56 Å². The summed E-state index contributed by atoms with van der Waals surface area (Å²) < 4.78 is 1.84. The van der Waals surface area contributed by atoms with Crippen LogP contribution >= 0.6 is 23.6 Å². The molecule has 0 bridgehead atoms. The number of fused-ring (bicyclic) bond motifs is 1. The van der Waals surface area contributed by atoms with Crippen LogP contribution in [0.2, 0.25) is 0 Å². The molecule has 0 spiro atoms. The van der Waals surface area contributed by atoms with Crippen LogP contribution in [0.3, 0.4) is 0 Å². The summed E-state index contributed by atoms with van der Waals surface area (Å²) in [7, 11) is 0. The SMILES string of the molecule is CCc1nc(CN2CCN(C(=O)CCn3c(=S)[nH]c4ccccc4c3=O)CC2)cs1. The van der Waals surface area contributed by atoms with Crippen LogP contribution in [-0.4, -0.2) is 56.4 Å². The van der Waals surface area contributed by atoms with Gasteiger partial charge in [0.1, 0.15) is 0 Å². The number of hydrogen-bond acceptors (Lipinski definition) is 6. The maximum absolute atomic E-state index is 12.7. The lowest BCUT2D eigenvalue weighted by atomic mass is 10.2. The number of nitrogens with zero attached hydrogens (tertiary/aromatic N) is 4. The summed E-state index contributed by atoms with van der Waals surface area (Å²) in [4.78, 5) is 37.3. The van der Waals surface area contributed by atoms with E-state index < -0.39 is 0 Å². The Labute approximate surface area is 184 Å². The molecule has 7 nitrogen and oxygen atoms in total. The molecule has 3 heterocycles. The molecule has 0 radical (unpaired) electrons. The third kappa shape index (κ3) is 4.53. The molecule has 1 fully saturated rings. The second kappa shape index (κ2) is 9.20.